The second kappa shape index (κ2) is 4.35. The molecule has 2 aliphatic rings. The Hall–Kier alpha value is -1.43. The predicted molar refractivity (Wildman–Crippen MR) is 64.3 cm³/mol. The van der Waals surface area contributed by atoms with E-state index in [1.807, 2.05) is 24.3 Å². The van der Waals surface area contributed by atoms with Crippen molar-refractivity contribution in [2.45, 2.75) is 24.7 Å². The quantitative estimate of drug-likeness (QED) is 0.721. The summed E-state index contributed by atoms with van der Waals surface area (Å²) < 4.78 is 5.16. The molecule has 0 bridgehead atoms. The van der Waals surface area contributed by atoms with Crippen LogP contribution in [-0.2, 0) is 16.0 Å². The van der Waals surface area contributed by atoms with Gasteiger partial charge in [0, 0.05) is 12.2 Å². The summed E-state index contributed by atoms with van der Waals surface area (Å²) >= 11 is 0. The summed E-state index contributed by atoms with van der Waals surface area (Å²) in [5, 5.41) is 18.2. The van der Waals surface area contributed by atoms with Crippen molar-refractivity contribution in [3.8, 4) is 0 Å². The molecule has 3 atom stereocenters. The fraction of sp³-hybridized carbons (Fsp3) is 0.462. The monoisotopic (exact) mass is 249 g/mol. The molecule has 0 saturated carbocycles. The lowest BCUT2D eigenvalue weighted by Gasteiger charge is -2.16. The number of hydrogen-bond acceptors (Lipinski definition) is 4. The summed E-state index contributed by atoms with van der Waals surface area (Å²) in [5.41, 5.74) is 2.08. The fourth-order valence-electron chi connectivity index (χ4n) is 2.44. The van der Waals surface area contributed by atoms with Crippen molar-refractivity contribution in [1.82, 2.24) is 0 Å². The Morgan fingerprint density at radius 2 is 2.28 bits per heavy atom. The normalized spacial score (nSPS) is 26.9. The van der Waals surface area contributed by atoms with Crippen molar-refractivity contribution in [3.63, 3.8) is 0 Å². The lowest BCUT2D eigenvalue weighted by Crippen LogP contribution is -2.35. The van der Waals surface area contributed by atoms with Crippen molar-refractivity contribution in [2.24, 2.45) is 0 Å². The average Bonchev–Trinajstić information content (AvgIpc) is 3.09. The maximum absolute atomic E-state index is 12.2. The Bertz CT molecular complexity index is 476. The van der Waals surface area contributed by atoms with E-state index in [1.165, 1.54) is 0 Å². The number of anilines is 1. The molecule has 1 saturated heterocycles. The Kier molecular flexibility index (Phi) is 2.81. The highest BCUT2D eigenvalue weighted by molar-refractivity contribution is 6.00. The number of aliphatic hydroxyl groups is 2. The molecule has 0 aromatic heterocycles. The summed E-state index contributed by atoms with van der Waals surface area (Å²) in [6.45, 7) is 0.269. The third-order valence-corrected chi connectivity index (χ3v) is 3.49. The van der Waals surface area contributed by atoms with Crippen LogP contribution in [0.4, 0.5) is 5.69 Å². The average molecular weight is 249 g/mol. The molecule has 96 valence electrons. The van der Waals surface area contributed by atoms with Gasteiger partial charge in [-0.25, -0.2) is 0 Å². The zero-order valence-corrected chi connectivity index (χ0v) is 9.82. The van der Waals surface area contributed by atoms with Gasteiger partial charge in [-0.3, -0.25) is 4.79 Å². The third-order valence-electron chi connectivity index (χ3n) is 3.49. The van der Waals surface area contributed by atoms with Gasteiger partial charge in [-0.2, -0.15) is 0 Å². The lowest BCUT2D eigenvalue weighted by molar-refractivity contribution is -0.119. The van der Waals surface area contributed by atoms with Gasteiger partial charge in [-0.05, 0) is 18.1 Å². The molecule has 5 heteroatoms. The number of amides is 1. The number of fused-ring (bicyclic) bond motifs is 1. The van der Waals surface area contributed by atoms with Crippen LogP contribution in [0.5, 0.6) is 0 Å². The number of benzene rings is 1. The van der Waals surface area contributed by atoms with E-state index < -0.39 is 18.3 Å². The SMILES string of the molecule is O=C([C@H]1O[C@@H]1[C@H](O)CO)N1CCc2ccccc21. The molecule has 1 aromatic rings. The number of ether oxygens (including phenoxy) is 1. The Balaban J connectivity index is 1.73. The lowest BCUT2D eigenvalue weighted by atomic mass is 10.1. The first-order chi connectivity index (χ1) is 8.72. The second-order valence-electron chi connectivity index (χ2n) is 4.64. The van der Waals surface area contributed by atoms with Gasteiger partial charge in [0.15, 0.2) is 6.10 Å². The van der Waals surface area contributed by atoms with E-state index in [9.17, 15) is 9.90 Å². The number of hydrogen-bond donors (Lipinski definition) is 2. The molecule has 0 spiro atoms. The molecular formula is C13H15NO4. The molecule has 1 amide bonds. The number of nitrogens with zero attached hydrogens (tertiary/aromatic N) is 1. The van der Waals surface area contributed by atoms with Crippen LogP contribution in [-0.4, -0.2) is 47.6 Å². The molecule has 2 heterocycles. The molecular weight excluding hydrogens is 234 g/mol. The molecule has 1 aromatic carbocycles. The third kappa shape index (κ3) is 1.80. The number of epoxide rings is 1. The zero-order chi connectivity index (χ0) is 12.7. The van der Waals surface area contributed by atoms with Crippen LogP contribution in [0.1, 0.15) is 5.56 Å². The van der Waals surface area contributed by atoms with Crippen molar-refractivity contribution < 1.29 is 19.7 Å². The van der Waals surface area contributed by atoms with Crippen LogP contribution in [0, 0.1) is 0 Å². The zero-order valence-electron chi connectivity index (χ0n) is 9.82. The van der Waals surface area contributed by atoms with Crippen molar-refractivity contribution >= 4 is 11.6 Å². The molecule has 0 unspecified atom stereocenters. The minimum atomic E-state index is -0.975. The molecule has 5 nitrogen and oxygen atoms in total. The van der Waals surface area contributed by atoms with Gasteiger partial charge in [-0.1, -0.05) is 18.2 Å². The molecule has 2 aliphatic heterocycles. The first kappa shape index (κ1) is 11.6. The standard InChI is InChI=1S/C13H15NO4/c15-7-10(16)11-12(18-11)13(17)14-6-5-8-3-1-2-4-9(8)14/h1-4,10-12,15-16H,5-7H2/t10-,11-,12+/m1/s1. The summed E-state index contributed by atoms with van der Waals surface area (Å²) in [6, 6.07) is 7.79. The highest BCUT2D eigenvalue weighted by atomic mass is 16.6. The topological polar surface area (TPSA) is 73.3 Å². The largest absolute Gasteiger partial charge is 0.394 e. The maximum atomic E-state index is 12.2. The number of carbonyl (C=O) groups excluding carboxylic acids is 1. The predicted octanol–water partition coefficient (Wildman–Crippen LogP) is -0.304. The van der Waals surface area contributed by atoms with Crippen LogP contribution in [0.25, 0.3) is 0 Å². The Morgan fingerprint density at radius 1 is 1.50 bits per heavy atom. The Morgan fingerprint density at radius 3 is 3.06 bits per heavy atom. The Labute approximate surface area is 105 Å². The van der Waals surface area contributed by atoms with E-state index in [-0.39, 0.29) is 12.5 Å². The minimum absolute atomic E-state index is 0.127. The smallest absolute Gasteiger partial charge is 0.258 e. The number of rotatable bonds is 3. The van der Waals surface area contributed by atoms with Crippen LogP contribution in [0.2, 0.25) is 0 Å². The molecule has 18 heavy (non-hydrogen) atoms. The van der Waals surface area contributed by atoms with Gasteiger partial charge in [0.1, 0.15) is 12.2 Å². The van der Waals surface area contributed by atoms with Crippen molar-refractivity contribution in [2.75, 3.05) is 18.1 Å². The van der Waals surface area contributed by atoms with Crippen LogP contribution in [0.3, 0.4) is 0 Å². The van der Waals surface area contributed by atoms with E-state index in [0.717, 1.165) is 17.7 Å². The summed E-state index contributed by atoms with van der Waals surface area (Å²) in [4.78, 5) is 13.9. The van der Waals surface area contributed by atoms with E-state index in [1.54, 1.807) is 4.90 Å². The van der Waals surface area contributed by atoms with Gasteiger partial charge in [0.2, 0.25) is 0 Å². The van der Waals surface area contributed by atoms with Crippen LogP contribution < -0.4 is 4.90 Å². The van der Waals surface area contributed by atoms with Crippen LogP contribution in [0.15, 0.2) is 24.3 Å². The van der Waals surface area contributed by atoms with Gasteiger partial charge >= 0.3 is 0 Å². The van der Waals surface area contributed by atoms with Crippen LogP contribution >= 0.6 is 0 Å². The van der Waals surface area contributed by atoms with E-state index in [4.69, 9.17) is 9.84 Å². The van der Waals surface area contributed by atoms with Crippen molar-refractivity contribution in [1.29, 1.82) is 0 Å². The van der Waals surface area contributed by atoms with Crippen molar-refractivity contribution in [3.05, 3.63) is 29.8 Å². The fourth-order valence-corrected chi connectivity index (χ4v) is 2.44. The first-order valence-corrected chi connectivity index (χ1v) is 6.06. The highest BCUT2D eigenvalue weighted by Crippen LogP contribution is 2.33. The summed E-state index contributed by atoms with van der Waals surface area (Å²) in [5.74, 6) is -0.127. The van der Waals surface area contributed by atoms with E-state index in [2.05, 4.69) is 0 Å². The highest BCUT2D eigenvalue weighted by Gasteiger charge is 2.51. The maximum Gasteiger partial charge on any atom is 0.258 e. The van der Waals surface area contributed by atoms with Gasteiger partial charge < -0.3 is 19.8 Å². The van der Waals surface area contributed by atoms with E-state index in [0.29, 0.717) is 6.54 Å². The van der Waals surface area contributed by atoms with Gasteiger partial charge in [0.25, 0.3) is 5.91 Å². The summed E-state index contributed by atoms with van der Waals surface area (Å²) in [7, 11) is 0. The second-order valence-corrected chi connectivity index (χ2v) is 4.64. The molecule has 3 rings (SSSR count). The molecule has 0 aliphatic carbocycles. The van der Waals surface area contributed by atoms with Gasteiger partial charge in [-0.15, -0.1) is 0 Å². The number of aliphatic hydroxyl groups excluding tert-OH is 2. The number of carbonyl (C=O) groups is 1. The molecule has 1 fully saturated rings. The van der Waals surface area contributed by atoms with E-state index >= 15 is 0 Å². The minimum Gasteiger partial charge on any atom is -0.394 e. The molecule has 0 radical (unpaired) electrons. The first-order valence-electron chi connectivity index (χ1n) is 6.06. The number of para-hydroxylation sites is 1. The van der Waals surface area contributed by atoms with Gasteiger partial charge in [0.05, 0.1) is 6.61 Å². The summed E-state index contributed by atoms with van der Waals surface area (Å²) in [6.07, 6.45) is -1.30. The molecule has 2 N–H and O–H groups in total.